The van der Waals surface area contributed by atoms with E-state index in [2.05, 4.69) is 20.3 Å². The lowest BCUT2D eigenvalue weighted by molar-refractivity contribution is -0.123. The van der Waals surface area contributed by atoms with Crippen molar-refractivity contribution in [1.29, 1.82) is 0 Å². The summed E-state index contributed by atoms with van der Waals surface area (Å²) >= 11 is 0. The average Bonchev–Trinajstić information content (AvgIpc) is 2.80. The van der Waals surface area contributed by atoms with Gasteiger partial charge < -0.3 is 9.88 Å². The largest absolute Gasteiger partial charge is 0.343 e. The standard InChI is InChI=1S/C14H19N5O3/c1-14(2,3)12(22)18-13-16-10-9(11(21)17-13)5-8(15-10)6-19(4)7-20/h5,7H,6H2,1-4H3,(H3,15,16,17,18,21,22). The average molecular weight is 305 g/mol. The van der Waals surface area contributed by atoms with Crippen molar-refractivity contribution >= 4 is 29.3 Å². The number of carbonyl (C=O) groups is 2. The Morgan fingerprint density at radius 1 is 1.41 bits per heavy atom. The summed E-state index contributed by atoms with van der Waals surface area (Å²) in [4.78, 5) is 45.8. The minimum absolute atomic E-state index is 0.0922. The smallest absolute Gasteiger partial charge is 0.261 e. The number of nitrogens with one attached hydrogen (secondary N) is 3. The molecule has 3 N–H and O–H groups in total. The monoisotopic (exact) mass is 305 g/mol. The van der Waals surface area contributed by atoms with E-state index in [1.807, 2.05) is 0 Å². The van der Waals surface area contributed by atoms with Crippen LogP contribution < -0.4 is 10.9 Å². The molecule has 0 aromatic carbocycles. The molecule has 0 saturated carbocycles. The quantitative estimate of drug-likeness (QED) is 0.726. The van der Waals surface area contributed by atoms with Gasteiger partial charge in [0.15, 0.2) is 0 Å². The highest BCUT2D eigenvalue weighted by atomic mass is 16.2. The number of hydrogen-bond acceptors (Lipinski definition) is 4. The number of aromatic nitrogens is 3. The number of anilines is 1. The molecule has 2 heterocycles. The molecule has 0 saturated heterocycles. The molecule has 8 heteroatoms. The maximum atomic E-state index is 12.0. The van der Waals surface area contributed by atoms with Crippen LogP contribution in [0.5, 0.6) is 0 Å². The van der Waals surface area contributed by atoms with Crippen LogP contribution in [0.1, 0.15) is 26.5 Å². The van der Waals surface area contributed by atoms with Crippen molar-refractivity contribution in [2.45, 2.75) is 27.3 Å². The highest BCUT2D eigenvalue weighted by Crippen LogP contribution is 2.16. The molecule has 0 spiro atoms. The van der Waals surface area contributed by atoms with E-state index in [1.165, 1.54) is 4.90 Å². The fraction of sp³-hybridized carbons (Fsp3) is 0.429. The van der Waals surface area contributed by atoms with Crippen LogP contribution in [-0.2, 0) is 16.1 Å². The molecule has 2 amide bonds. The van der Waals surface area contributed by atoms with E-state index >= 15 is 0 Å². The lowest BCUT2D eigenvalue weighted by Gasteiger charge is -2.16. The lowest BCUT2D eigenvalue weighted by Crippen LogP contribution is -2.29. The third kappa shape index (κ3) is 3.33. The number of fused-ring (bicyclic) bond motifs is 1. The fourth-order valence-corrected chi connectivity index (χ4v) is 1.82. The second-order valence-corrected chi connectivity index (χ2v) is 6.20. The molecule has 8 nitrogen and oxygen atoms in total. The lowest BCUT2D eigenvalue weighted by atomic mass is 9.96. The van der Waals surface area contributed by atoms with Crippen molar-refractivity contribution in [2.75, 3.05) is 12.4 Å². The van der Waals surface area contributed by atoms with E-state index in [1.54, 1.807) is 33.9 Å². The molecular weight excluding hydrogens is 286 g/mol. The molecule has 118 valence electrons. The minimum Gasteiger partial charge on any atom is -0.343 e. The summed E-state index contributed by atoms with van der Waals surface area (Å²) in [7, 11) is 1.63. The first-order valence-corrected chi connectivity index (χ1v) is 6.79. The van der Waals surface area contributed by atoms with Crippen molar-refractivity contribution in [3.8, 4) is 0 Å². The Morgan fingerprint density at radius 2 is 2.09 bits per heavy atom. The number of hydrogen-bond donors (Lipinski definition) is 3. The molecule has 0 fully saturated rings. The van der Waals surface area contributed by atoms with Gasteiger partial charge in [0.05, 0.1) is 11.9 Å². The first-order valence-electron chi connectivity index (χ1n) is 6.79. The number of H-pyrrole nitrogens is 2. The van der Waals surface area contributed by atoms with Crippen LogP contribution in [0.4, 0.5) is 5.95 Å². The van der Waals surface area contributed by atoms with E-state index in [0.29, 0.717) is 29.7 Å². The molecule has 0 atom stereocenters. The Bertz CT molecular complexity index is 769. The van der Waals surface area contributed by atoms with Gasteiger partial charge >= 0.3 is 0 Å². The Labute approximate surface area is 126 Å². The van der Waals surface area contributed by atoms with Crippen LogP contribution >= 0.6 is 0 Å². The Balaban J connectivity index is 2.34. The van der Waals surface area contributed by atoms with Crippen molar-refractivity contribution < 1.29 is 9.59 Å². The van der Waals surface area contributed by atoms with E-state index in [4.69, 9.17) is 0 Å². The van der Waals surface area contributed by atoms with Crippen LogP contribution in [0, 0.1) is 5.41 Å². The summed E-state index contributed by atoms with van der Waals surface area (Å²) in [5, 5.41) is 2.96. The highest BCUT2D eigenvalue weighted by molar-refractivity contribution is 5.93. The summed E-state index contributed by atoms with van der Waals surface area (Å²) in [6.45, 7) is 5.63. The van der Waals surface area contributed by atoms with E-state index < -0.39 is 5.41 Å². The van der Waals surface area contributed by atoms with Gasteiger partial charge in [-0.2, -0.15) is 4.98 Å². The van der Waals surface area contributed by atoms with E-state index in [-0.39, 0.29) is 17.4 Å². The second kappa shape index (κ2) is 5.63. The van der Waals surface area contributed by atoms with Crippen molar-refractivity contribution in [2.24, 2.45) is 5.41 Å². The highest BCUT2D eigenvalue weighted by Gasteiger charge is 2.22. The summed E-state index contributed by atoms with van der Waals surface area (Å²) in [6, 6.07) is 1.64. The SMILES string of the molecule is CN(C=O)Cc1cc2c(=O)[nH]c(NC(=O)C(C)(C)C)nc2[nH]1. The summed E-state index contributed by atoms with van der Waals surface area (Å²) < 4.78 is 0. The first-order chi connectivity index (χ1) is 10.2. The van der Waals surface area contributed by atoms with Crippen molar-refractivity contribution in [3.63, 3.8) is 0 Å². The molecular formula is C14H19N5O3. The van der Waals surface area contributed by atoms with Crippen LogP contribution in [0.15, 0.2) is 10.9 Å². The number of nitrogens with zero attached hydrogens (tertiary/aromatic N) is 2. The second-order valence-electron chi connectivity index (χ2n) is 6.20. The van der Waals surface area contributed by atoms with Crippen molar-refractivity contribution in [3.05, 3.63) is 22.1 Å². The van der Waals surface area contributed by atoms with Crippen LogP contribution in [0.3, 0.4) is 0 Å². The van der Waals surface area contributed by atoms with E-state index in [0.717, 1.165) is 0 Å². The molecule has 2 rings (SSSR count). The molecule has 0 aliphatic heterocycles. The van der Waals surface area contributed by atoms with Gasteiger partial charge in [-0.05, 0) is 6.07 Å². The topological polar surface area (TPSA) is 111 Å². The predicted octanol–water partition coefficient (Wildman–Crippen LogP) is 0.824. The van der Waals surface area contributed by atoms with E-state index in [9.17, 15) is 14.4 Å². The Morgan fingerprint density at radius 3 is 2.68 bits per heavy atom. The fourth-order valence-electron chi connectivity index (χ4n) is 1.82. The third-order valence-corrected chi connectivity index (χ3v) is 3.07. The van der Waals surface area contributed by atoms with Gasteiger partial charge in [0.1, 0.15) is 5.65 Å². The Kier molecular flexibility index (Phi) is 4.03. The van der Waals surface area contributed by atoms with Gasteiger partial charge in [-0.25, -0.2) is 0 Å². The number of carbonyl (C=O) groups excluding carboxylic acids is 2. The molecule has 0 unspecified atom stereocenters. The molecule has 0 radical (unpaired) electrons. The molecule has 0 aliphatic carbocycles. The molecule has 22 heavy (non-hydrogen) atoms. The minimum atomic E-state index is -0.596. The molecule has 0 aliphatic rings. The third-order valence-electron chi connectivity index (χ3n) is 3.07. The zero-order valence-electron chi connectivity index (χ0n) is 13.0. The van der Waals surface area contributed by atoms with Crippen LogP contribution in [-0.4, -0.2) is 39.2 Å². The zero-order chi connectivity index (χ0) is 16.5. The first kappa shape index (κ1) is 15.7. The van der Waals surface area contributed by atoms with Gasteiger partial charge in [-0.1, -0.05) is 20.8 Å². The van der Waals surface area contributed by atoms with Crippen LogP contribution in [0.25, 0.3) is 11.0 Å². The zero-order valence-corrected chi connectivity index (χ0v) is 13.0. The van der Waals surface area contributed by atoms with Gasteiger partial charge in [0, 0.05) is 18.2 Å². The summed E-state index contributed by atoms with van der Waals surface area (Å²) in [5.74, 6) is -0.156. The molecule has 2 aromatic rings. The Hall–Kier alpha value is -2.64. The number of aromatic amines is 2. The van der Waals surface area contributed by atoms with Gasteiger partial charge in [-0.15, -0.1) is 0 Å². The van der Waals surface area contributed by atoms with Crippen molar-refractivity contribution in [1.82, 2.24) is 19.9 Å². The molecule has 0 bridgehead atoms. The van der Waals surface area contributed by atoms with Crippen LogP contribution in [0.2, 0.25) is 0 Å². The summed E-state index contributed by atoms with van der Waals surface area (Å²) in [5.41, 5.74) is 0.0933. The van der Waals surface area contributed by atoms with Gasteiger partial charge in [0.25, 0.3) is 5.56 Å². The number of rotatable bonds is 4. The normalized spacial score (nSPS) is 11.5. The van der Waals surface area contributed by atoms with Gasteiger partial charge in [0.2, 0.25) is 18.3 Å². The molecule has 2 aromatic heterocycles. The number of amides is 2. The maximum absolute atomic E-state index is 12.0. The van der Waals surface area contributed by atoms with Gasteiger partial charge in [-0.3, -0.25) is 24.7 Å². The predicted molar refractivity (Wildman–Crippen MR) is 82.3 cm³/mol. The summed E-state index contributed by atoms with van der Waals surface area (Å²) in [6.07, 6.45) is 0.693. The maximum Gasteiger partial charge on any atom is 0.261 e.